The summed E-state index contributed by atoms with van der Waals surface area (Å²) in [4.78, 5) is 17.3. The lowest BCUT2D eigenvalue weighted by molar-refractivity contribution is 0.470. The number of benzene rings is 2. The van der Waals surface area contributed by atoms with Crippen molar-refractivity contribution in [2.45, 2.75) is 26.7 Å². The van der Waals surface area contributed by atoms with E-state index in [0.717, 1.165) is 12.0 Å². The fourth-order valence-corrected chi connectivity index (χ4v) is 2.58. The van der Waals surface area contributed by atoms with Gasteiger partial charge in [0.05, 0.1) is 17.1 Å². The van der Waals surface area contributed by atoms with Gasteiger partial charge >= 0.3 is 0 Å². The minimum Gasteiger partial charge on any atom is -0.507 e. The number of phenolic OH excluding ortho intramolecular Hbond substituents is 1. The first-order chi connectivity index (χ1) is 11.6. The van der Waals surface area contributed by atoms with Gasteiger partial charge in [0.25, 0.3) is 5.56 Å². The second-order valence-corrected chi connectivity index (χ2v) is 5.67. The van der Waals surface area contributed by atoms with Crippen molar-refractivity contribution < 1.29 is 5.11 Å². The van der Waals surface area contributed by atoms with Crippen molar-refractivity contribution in [2.75, 3.05) is 0 Å². The molecule has 0 aliphatic rings. The Balaban J connectivity index is 2.15. The Bertz CT molecular complexity index is 974. The van der Waals surface area contributed by atoms with Crippen molar-refractivity contribution >= 4 is 17.1 Å². The van der Waals surface area contributed by atoms with E-state index in [9.17, 15) is 9.90 Å². The molecule has 5 nitrogen and oxygen atoms in total. The Morgan fingerprint density at radius 1 is 1.21 bits per heavy atom. The third-order valence-electron chi connectivity index (χ3n) is 3.88. The first kappa shape index (κ1) is 15.9. The molecule has 0 unspecified atom stereocenters. The number of nitrogens with zero attached hydrogens (tertiary/aromatic N) is 3. The fourth-order valence-electron chi connectivity index (χ4n) is 2.58. The van der Waals surface area contributed by atoms with Gasteiger partial charge in [-0.2, -0.15) is 9.78 Å². The summed E-state index contributed by atoms with van der Waals surface area (Å²) in [6.45, 7) is 3.85. The SMILES string of the molecule is CCCc1nc2ccccc2c(=O)n1/N=C/c1cccc(C)c1O. The van der Waals surface area contributed by atoms with Crippen molar-refractivity contribution in [1.29, 1.82) is 0 Å². The van der Waals surface area contributed by atoms with E-state index in [1.54, 1.807) is 12.1 Å². The van der Waals surface area contributed by atoms with E-state index in [-0.39, 0.29) is 11.3 Å². The van der Waals surface area contributed by atoms with E-state index in [2.05, 4.69) is 10.1 Å². The number of rotatable bonds is 4. The predicted molar refractivity (Wildman–Crippen MR) is 95.8 cm³/mol. The fraction of sp³-hybridized carbons (Fsp3) is 0.211. The van der Waals surface area contributed by atoms with Crippen LogP contribution in [0.4, 0.5) is 0 Å². The predicted octanol–water partition coefficient (Wildman–Crippen LogP) is 3.25. The lowest BCUT2D eigenvalue weighted by atomic mass is 10.1. The molecule has 0 fully saturated rings. The van der Waals surface area contributed by atoms with E-state index in [1.807, 2.05) is 44.2 Å². The lowest BCUT2D eigenvalue weighted by Crippen LogP contribution is -2.22. The highest BCUT2D eigenvalue weighted by molar-refractivity contribution is 5.84. The summed E-state index contributed by atoms with van der Waals surface area (Å²) in [6.07, 6.45) is 3.01. The molecule has 0 saturated heterocycles. The van der Waals surface area contributed by atoms with Gasteiger partial charge in [-0.05, 0) is 37.1 Å². The van der Waals surface area contributed by atoms with Gasteiger partial charge in [0.15, 0.2) is 0 Å². The quantitative estimate of drug-likeness (QED) is 0.750. The summed E-state index contributed by atoms with van der Waals surface area (Å²) in [5.41, 5.74) is 1.80. The molecule has 0 spiro atoms. The summed E-state index contributed by atoms with van der Waals surface area (Å²) in [6, 6.07) is 12.7. The van der Waals surface area contributed by atoms with Gasteiger partial charge in [0.1, 0.15) is 11.6 Å². The third kappa shape index (κ3) is 2.93. The normalized spacial score (nSPS) is 11.4. The molecule has 0 atom stereocenters. The zero-order valence-corrected chi connectivity index (χ0v) is 13.7. The van der Waals surface area contributed by atoms with Crippen LogP contribution < -0.4 is 5.56 Å². The van der Waals surface area contributed by atoms with Gasteiger partial charge in [-0.3, -0.25) is 4.79 Å². The summed E-state index contributed by atoms with van der Waals surface area (Å²) in [7, 11) is 0. The molecule has 122 valence electrons. The van der Waals surface area contributed by atoms with Crippen molar-refractivity contribution in [2.24, 2.45) is 5.10 Å². The van der Waals surface area contributed by atoms with Crippen LogP contribution in [0.3, 0.4) is 0 Å². The highest BCUT2D eigenvalue weighted by Crippen LogP contribution is 2.19. The van der Waals surface area contributed by atoms with E-state index in [0.29, 0.717) is 28.7 Å². The second kappa shape index (κ2) is 6.66. The largest absolute Gasteiger partial charge is 0.507 e. The number of phenols is 1. The number of hydrogen-bond acceptors (Lipinski definition) is 4. The summed E-state index contributed by atoms with van der Waals surface area (Å²) < 4.78 is 1.33. The van der Waals surface area contributed by atoms with Crippen LogP contribution in [0.1, 0.15) is 30.3 Å². The first-order valence-corrected chi connectivity index (χ1v) is 7.95. The zero-order chi connectivity index (χ0) is 17.1. The molecule has 0 aliphatic carbocycles. The first-order valence-electron chi connectivity index (χ1n) is 7.95. The number of aryl methyl sites for hydroxylation is 2. The minimum atomic E-state index is -0.201. The van der Waals surface area contributed by atoms with Gasteiger partial charge in [0, 0.05) is 12.0 Å². The Kier molecular flexibility index (Phi) is 4.42. The third-order valence-corrected chi connectivity index (χ3v) is 3.88. The molecule has 1 aromatic heterocycles. The summed E-state index contributed by atoms with van der Waals surface area (Å²) >= 11 is 0. The van der Waals surface area contributed by atoms with E-state index in [1.165, 1.54) is 10.9 Å². The summed E-state index contributed by atoms with van der Waals surface area (Å²) in [5, 5.41) is 14.9. The Labute approximate surface area is 139 Å². The number of aromatic hydroxyl groups is 1. The molecule has 5 heteroatoms. The van der Waals surface area contributed by atoms with Crippen LogP contribution in [0.15, 0.2) is 52.4 Å². The highest BCUT2D eigenvalue weighted by Gasteiger charge is 2.09. The smallest absolute Gasteiger partial charge is 0.282 e. The van der Waals surface area contributed by atoms with Crippen LogP contribution in [0.2, 0.25) is 0 Å². The molecule has 0 aliphatic heterocycles. The lowest BCUT2D eigenvalue weighted by Gasteiger charge is -2.08. The minimum absolute atomic E-state index is 0.167. The average molecular weight is 321 g/mol. The molecule has 3 aromatic rings. The Morgan fingerprint density at radius 3 is 2.79 bits per heavy atom. The van der Waals surface area contributed by atoms with E-state index >= 15 is 0 Å². The van der Waals surface area contributed by atoms with Crippen molar-refractivity contribution in [3.8, 4) is 5.75 Å². The van der Waals surface area contributed by atoms with Gasteiger partial charge in [-0.25, -0.2) is 4.98 Å². The highest BCUT2D eigenvalue weighted by atomic mass is 16.3. The average Bonchev–Trinajstić information content (AvgIpc) is 2.58. The standard InChI is InChI=1S/C19H19N3O2/c1-3-7-17-21-16-11-5-4-10-15(16)19(24)22(17)20-12-14-9-6-8-13(2)18(14)23/h4-6,8-12,23H,3,7H2,1-2H3/b20-12+. The molecular formula is C19H19N3O2. The van der Waals surface area contributed by atoms with Gasteiger partial charge in [-0.1, -0.05) is 31.2 Å². The van der Waals surface area contributed by atoms with Crippen molar-refractivity contribution in [3.05, 3.63) is 69.8 Å². The van der Waals surface area contributed by atoms with Gasteiger partial charge in [0.2, 0.25) is 0 Å². The molecule has 24 heavy (non-hydrogen) atoms. The van der Waals surface area contributed by atoms with Crippen molar-refractivity contribution in [1.82, 2.24) is 9.66 Å². The monoisotopic (exact) mass is 321 g/mol. The zero-order valence-electron chi connectivity index (χ0n) is 13.7. The maximum absolute atomic E-state index is 12.7. The van der Waals surface area contributed by atoms with Crippen LogP contribution in [0, 0.1) is 6.92 Å². The maximum atomic E-state index is 12.7. The van der Waals surface area contributed by atoms with Crippen LogP contribution in [0.25, 0.3) is 10.9 Å². The van der Waals surface area contributed by atoms with Crippen LogP contribution in [-0.4, -0.2) is 21.0 Å². The molecule has 0 saturated carbocycles. The maximum Gasteiger partial charge on any atom is 0.282 e. The second-order valence-electron chi connectivity index (χ2n) is 5.67. The number of para-hydroxylation sites is 2. The molecule has 0 radical (unpaired) electrons. The summed E-state index contributed by atoms with van der Waals surface area (Å²) in [5.74, 6) is 0.782. The molecule has 1 N–H and O–H groups in total. The van der Waals surface area contributed by atoms with Crippen molar-refractivity contribution in [3.63, 3.8) is 0 Å². The van der Waals surface area contributed by atoms with Gasteiger partial charge < -0.3 is 5.11 Å². The Hall–Kier alpha value is -2.95. The van der Waals surface area contributed by atoms with Gasteiger partial charge in [-0.15, -0.1) is 0 Å². The molecule has 0 amide bonds. The van der Waals surface area contributed by atoms with E-state index in [4.69, 9.17) is 0 Å². The number of hydrogen-bond donors (Lipinski definition) is 1. The molecule has 3 rings (SSSR count). The number of aromatic nitrogens is 2. The number of fused-ring (bicyclic) bond motifs is 1. The topological polar surface area (TPSA) is 67.5 Å². The Morgan fingerprint density at radius 2 is 2.00 bits per heavy atom. The molecule has 1 heterocycles. The van der Waals surface area contributed by atoms with E-state index < -0.39 is 0 Å². The van der Waals surface area contributed by atoms with Crippen LogP contribution in [-0.2, 0) is 6.42 Å². The van der Waals surface area contributed by atoms with Crippen LogP contribution in [0.5, 0.6) is 5.75 Å². The molecule has 2 aromatic carbocycles. The molecular weight excluding hydrogens is 302 g/mol. The van der Waals surface area contributed by atoms with Crippen LogP contribution >= 0.6 is 0 Å². The molecule has 0 bridgehead atoms.